The van der Waals surface area contributed by atoms with Crippen LogP contribution in [0.4, 0.5) is 13.2 Å². The maximum absolute atomic E-state index is 12.4. The van der Waals surface area contributed by atoms with E-state index in [4.69, 9.17) is 0 Å². The lowest BCUT2D eigenvalue weighted by Gasteiger charge is -2.01. The number of halogens is 3. The average molecular weight is 309 g/mol. The number of benzene rings is 1. The van der Waals surface area contributed by atoms with Crippen LogP contribution in [0.2, 0.25) is 0 Å². The third-order valence-electron chi connectivity index (χ3n) is 2.88. The Morgan fingerprint density at radius 2 is 1.91 bits per heavy atom. The van der Waals surface area contributed by atoms with E-state index in [0.717, 1.165) is 11.3 Å². The highest BCUT2D eigenvalue weighted by Crippen LogP contribution is 2.29. The van der Waals surface area contributed by atoms with Crippen molar-refractivity contribution in [3.63, 3.8) is 0 Å². The first kappa shape index (κ1) is 14.2. The average Bonchev–Trinajstić information content (AvgIpc) is 3.08. The minimum atomic E-state index is -4.64. The molecule has 3 aromatic rings. The summed E-state index contributed by atoms with van der Waals surface area (Å²) in [5, 5.41) is 11.1. The van der Waals surface area contributed by atoms with Gasteiger partial charge in [0.05, 0.1) is 12.2 Å². The van der Waals surface area contributed by atoms with Crippen molar-refractivity contribution in [3.05, 3.63) is 47.6 Å². The van der Waals surface area contributed by atoms with Gasteiger partial charge in [0.1, 0.15) is 0 Å². The van der Waals surface area contributed by atoms with Gasteiger partial charge in [-0.1, -0.05) is 34.6 Å². The molecule has 3 rings (SSSR count). The van der Waals surface area contributed by atoms with E-state index in [1.165, 1.54) is 0 Å². The first-order chi connectivity index (χ1) is 10.4. The Hall–Kier alpha value is -2.71. The van der Waals surface area contributed by atoms with Crippen LogP contribution >= 0.6 is 0 Å². The van der Waals surface area contributed by atoms with Crippen LogP contribution in [-0.4, -0.2) is 25.1 Å². The van der Waals surface area contributed by atoms with Gasteiger partial charge in [0, 0.05) is 11.8 Å². The Morgan fingerprint density at radius 3 is 2.45 bits per heavy atom. The van der Waals surface area contributed by atoms with Crippen molar-refractivity contribution in [1.82, 2.24) is 25.1 Å². The Labute approximate surface area is 122 Å². The highest BCUT2D eigenvalue weighted by Gasteiger charge is 2.38. The summed E-state index contributed by atoms with van der Waals surface area (Å²) >= 11 is 0. The molecule has 22 heavy (non-hydrogen) atoms. The molecule has 9 heteroatoms. The van der Waals surface area contributed by atoms with Gasteiger partial charge >= 0.3 is 12.1 Å². The molecular weight excluding hydrogens is 299 g/mol. The van der Waals surface area contributed by atoms with Crippen molar-refractivity contribution in [1.29, 1.82) is 0 Å². The minimum absolute atomic E-state index is 0.101. The zero-order chi connectivity index (χ0) is 15.7. The first-order valence-electron chi connectivity index (χ1n) is 6.29. The van der Waals surface area contributed by atoms with Crippen LogP contribution in [0, 0.1) is 6.92 Å². The molecule has 0 saturated carbocycles. The molecule has 0 unspecified atom stereocenters. The lowest BCUT2D eigenvalue weighted by atomic mass is 10.1. The van der Waals surface area contributed by atoms with Gasteiger partial charge in [-0.05, 0) is 12.5 Å². The summed E-state index contributed by atoms with van der Waals surface area (Å²) in [6.07, 6.45) is -2.85. The molecule has 0 fully saturated rings. The van der Waals surface area contributed by atoms with Crippen LogP contribution in [0.1, 0.15) is 17.1 Å². The molecule has 0 aliphatic rings. The SMILES string of the molecule is Cc1cn(Cc2ccc(-c3noc(C(F)(F)F)n3)cc2)nn1. The summed E-state index contributed by atoms with van der Waals surface area (Å²) in [5.41, 5.74) is 2.18. The lowest BCUT2D eigenvalue weighted by molar-refractivity contribution is -0.159. The molecule has 0 bridgehead atoms. The molecule has 0 spiro atoms. The fourth-order valence-corrected chi connectivity index (χ4v) is 1.87. The van der Waals surface area contributed by atoms with Gasteiger partial charge in [-0.15, -0.1) is 5.10 Å². The van der Waals surface area contributed by atoms with E-state index in [-0.39, 0.29) is 5.82 Å². The fourth-order valence-electron chi connectivity index (χ4n) is 1.87. The zero-order valence-electron chi connectivity index (χ0n) is 11.4. The summed E-state index contributed by atoms with van der Waals surface area (Å²) < 4.78 is 43.1. The Balaban J connectivity index is 1.78. The number of rotatable bonds is 3. The van der Waals surface area contributed by atoms with Gasteiger partial charge in [-0.25, -0.2) is 4.68 Å². The molecular formula is C13H10F3N5O. The van der Waals surface area contributed by atoms with Crippen LogP contribution in [0.25, 0.3) is 11.4 Å². The van der Waals surface area contributed by atoms with E-state index >= 15 is 0 Å². The number of hydrogen-bond donors (Lipinski definition) is 0. The van der Waals surface area contributed by atoms with E-state index in [1.54, 1.807) is 35.1 Å². The molecule has 0 saturated heterocycles. The van der Waals surface area contributed by atoms with Crippen molar-refractivity contribution in [2.75, 3.05) is 0 Å². The van der Waals surface area contributed by atoms with Gasteiger partial charge in [0.15, 0.2) is 0 Å². The van der Waals surface area contributed by atoms with Gasteiger partial charge in [0.25, 0.3) is 0 Å². The van der Waals surface area contributed by atoms with Gasteiger partial charge in [-0.3, -0.25) is 0 Å². The number of nitrogens with zero attached hydrogens (tertiary/aromatic N) is 5. The molecule has 6 nitrogen and oxygen atoms in total. The quantitative estimate of drug-likeness (QED) is 0.744. The fraction of sp³-hybridized carbons (Fsp3) is 0.231. The van der Waals surface area contributed by atoms with Gasteiger partial charge in [0.2, 0.25) is 5.82 Å². The summed E-state index contributed by atoms with van der Waals surface area (Å²) in [4.78, 5) is 3.34. The molecule has 0 aliphatic heterocycles. The maximum atomic E-state index is 12.4. The Morgan fingerprint density at radius 1 is 1.18 bits per heavy atom. The standard InChI is InChI=1S/C13H10F3N5O/c1-8-6-21(20-18-8)7-9-2-4-10(5-3-9)11-17-12(22-19-11)13(14,15)16/h2-6H,7H2,1H3. The van der Waals surface area contributed by atoms with Crippen molar-refractivity contribution < 1.29 is 17.7 Å². The topological polar surface area (TPSA) is 69.6 Å². The second-order valence-electron chi connectivity index (χ2n) is 4.68. The summed E-state index contributed by atoms with van der Waals surface area (Å²) in [5.74, 6) is -1.46. The molecule has 0 aliphatic carbocycles. The summed E-state index contributed by atoms with van der Waals surface area (Å²) in [6, 6.07) is 6.78. The molecule has 2 heterocycles. The number of alkyl halides is 3. The molecule has 0 N–H and O–H groups in total. The summed E-state index contributed by atoms with van der Waals surface area (Å²) in [6.45, 7) is 2.35. The normalized spacial score (nSPS) is 11.8. The highest BCUT2D eigenvalue weighted by molar-refractivity contribution is 5.54. The predicted octanol–water partition coefficient (Wildman–Crippen LogP) is 2.70. The Kier molecular flexibility index (Phi) is 3.39. The van der Waals surface area contributed by atoms with Crippen molar-refractivity contribution in [2.45, 2.75) is 19.6 Å². The monoisotopic (exact) mass is 309 g/mol. The van der Waals surface area contributed by atoms with Crippen LogP contribution in [-0.2, 0) is 12.7 Å². The van der Waals surface area contributed by atoms with E-state index in [9.17, 15) is 13.2 Å². The van der Waals surface area contributed by atoms with E-state index < -0.39 is 12.1 Å². The van der Waals surface area contributed by atoms with E-state index in [0.29, 0.717) is 12.1 Å². The molecule has 114 valence electrons. The van der Waals surface area contributed by atoms with E-state index in [1.807, 2.05) is 6.92 Å². The van der Waals surface area contributed by atoms with Crippen LogP contribution in [0.3, 0.4) is 0 Å². The number of hydrogen-bond acceptors (Lipinski definition) is 5. The van der Waals surface area contributed by atoms with Gasteiger partial charge in [-0.2, -0.15) is 18.2 Å². The zero-order valence-corrected chi connectivity index (χ0v) is 11.4. The second-order valence-corrected chi connectivity index (χ2v) is 4.68. The Bertz CT molecular complexity index is 776. The number of aromatic nitrogens is 5. The molecule has 0 radical (unpaired) electrons. The van der Waals surface area contributed by atoms with E-state index in [2.05, 4.69) is 25.0 Å². The van der Waals surface area contributed by atoms with Gasteiger partial charge < -0.3 is 4.52 Å². The maximum Gasteiger partial charge on any atom is 0.471 e. The third-order valence-corrected chi connectivity index (χ3v) is 2.88. The van der Waals surface area contributed by atoms with Crippen molar-refractivity contribution >= 4 is 0 Å². The molecule has 1 aromatic carbocycles. The smallest absolute Gasteiger partial charge is 0.329 e. The van der Waals surface area contributed by atoms with Crippen LogP contribution < -0.4 is 0 Å². The van der Waals surface area contributed by atoms with Crippen molar-refractivity contribution in [3.8, 4) is 11.4 Å². The lowest BCUT2D eigenvalue weighted by Crippen LogP contribution is -2.04. The third kappa shape index (κ3) is 2.97. The minimum Gasteiger partial charge on any atom is -0.329 e. The van der Waals surface area contributed by atoms with Crippen LogP contribution in [0.5, 0.6) is 0 Å². The molecule has 2 aromatic heterocycles. The first-order valence-corrected chi connectivity index (χ1v) is 6.29. The second kappa shape index (κ2) is 5.24. The largest absolute Gasteiger partial charge is 0.471 e. The predicted molar refractivity (Wildman–Crippen MR) is 68.6 cm³/mol. The molecule has 0 atom stereocenters. The number of aryl methyl sites for hydroxylation is 1. The van der Waals surface area contributed by atoms with Crippen LogP contribution in [0.15, 0.2) is 35.0 Å². The van der Waals surface area contributed by atoms with Crippen molar-refractivity contribution in [2.24, 2.45) is 0 Å². The highest BCUT2D eigenvalue weighted by atomic mass is 19.4. The summed E-state index contributed by atoms with van der Waals surface area (Å²) in [7, 11) is 0. The molecule has 0 amide bonds.